The summed E-state index contributed by atoms with van der Waals surface area (Å²) in [6.07, 6.45) is -2.49. The van der Waals surface area contributed by atoms with Gasteiger partial charge in [0.25, 0.3) is 5.91 Å². The Hall–Kier alpha value is -3.80. The number of rotatable bonds is 8. The van der Waals surface area contributed by atoms with Gasteiger partial charge in [0.1, 0.15) is 5.82 Å². The van der Waals surface area contributed by atoms with Crippen molar-refractivity contribution in [2.24, 2.45) is 5.92 Å². The zero-order chi connectivity index (χ0) is 29.1. The number of hydrogen-bond acceptors (Lipinski definition) is 6. The number of para-hydroxylation sites is 1. The molecule has 1 saturated heterocycles. The summed E-state index contributed by atoms with van der Waals surface area (Å²) in [5.41, 5.74) is 1.81. The molecule has 0 bridgehead atoms. The summed E-state index contributed by atoms with van der Waals surface area (Å²) in [5.74, 6) is -1.24. The lowest BCUT2D eigenvalue weighted by Gasteiger charge is -2.30. The van der Waals surface area contributed by atoms with Crippen LogP contribution in [0.2, 0.25) is 0 Å². The fourth-order valence-electron chi connectivity index (χ4n) is 5.34. The third kappa shape index (κ3) is 6.42. The van der Waals surface area contributed by atoms with E-state index in [-0.39, 0.29) is 36.9 Å². The van der Waals surface area contributed by atoms with Crippen LogP contribution in [0.5, 0.6) is 0 Å². The number of cyclic esters (lactones) is 1. The van der Waals surface area contributed by atoms with Crippen molar-refractivity contribution in [1.29, 1.82) is 0 Å². The Labute approximate surface area is 238 Å². The van der Waals surface area contributed by atoms with Gasteiger partial charge in [0.05, 0.1) is 23.6 Å². The van der Waals surface area contributed by atoms with Crippen LogP contribution in [0.1, 0.15) is 18.1 Å². The third-order valence-corrected chi connectivity index (χ3v) is 9.31. The highest BCUT2D eigenvalue weighted by Crippen LogP contribution is 2.29. The minimum atomic E-state index is -4.04. The first-order chi connectivity index (χ1) is 19.6. The molecule has 0 radical (unpaired) electrons. The number of halogens is 1. The lowest BCUT2D eigenvalue weighted by atomic mass is 9.99. The lowest BCUT2D eigenvalue weighted by Crippen LogP contribution is -2.53. The van der Waals surface area contributed by atoms with Crippen LogP contribution in [0.4, 0.5) is 14.9 Å². The molecule has 41 heavy (non-hydrogen) atoms. The van der Waals surface area contributed by atoms with E-state index < -0.39 is 46.1 Å². The summed E-state index contributed by atoms with van der Waals surface area (Å²) < 4.78 is 47.6. The molecule has 9 nitrogen and oxygen atoms in total. The number of nitrogens with zero attached hydrogens (tertiary/aromatic N) is 2. The van der Waals surface area contributed by atoms with E-state index in [1.165, 1.54) is 21.3 Å². The van der Waals surface area contributed by atoms with Crippen LogP contribution in [0, 0.1) is 11.7 Å². The van der Waals surface area contributed by atoms with Crippen molar-refractivity contribution in [2.45, 2.75) is 42.9 Å². The predicted molar refractivity (Wildman–Crippen MR) is 150 cm³/mol. The van der Waals surface area contributed by atoms with Gasteiger partial charge in [-0.1, -0.05) is 55.5 Å². The van der Waals surface area contributed by atoms with Crippen molar-refractivity contribution in [2.75, 3.05) is 24.5 Å². The zero-order valence-corrected chi connectivity index (χ0v) is 23.3. The second kappa shape index (κ2) is 12.0. The van der Waals surface area contributed by atoms with Crippen LogP contribution in [0.3, 0.4) is 0 Å². The lowest BCUT2D eigenvalue weighted by molar-refractivity contribution is -0.129. The zero-order valence-electron chi connectivity index (χ0n) is 22.5. The second-order valence-electron chi connectivity index (χ2n) is 10.6. The summed E-state index contributed by atoms with van der Waals surface area (Å²) >= 11 is 0. The Morgan fingerprint density at radius 1 is 1.07 bits per heavy atom. The maximum Gasteiger partial charge on any atom is 0.415 e. The number of hydrogen-bond donors (Lipinski definition) is 2. The third-order valence-electron chi connectivity index (χ3n) is 7.38. The monoisotopic (exact) mass is 581 g/mol. The van der Waals surface area contributed by atoms with E-state index in [2.05, 4.69) is 5.32 Å². The van der Waals surface area contributed by atoms with Gasteiger partial charge in [0.2, 0.25) is 10.0 Å². The largest absolute Gasteiger partial charge is 0.434 e. The van der Waals surface area contributed by atoms with Crippen molar-refractivity contribution in [3.05, 3.63) is 95.8 Å². The van der Waals surface area contributed by atoms with Gasteiger partial charge in [-0.25, -0.2) is 17.6 Å². The maximum absolute atomic E-state index is 13.9. The average Bonchev–Trinajstić information content (AvgIpc) is 3.31. The number of aliphatic hydroxyl groups excluding tert-OH is 1. The summed E-state index contributed by atoms with van der Waals surface area (Å²) in [6.45, 7) is 1.69. The van der Waals surface area contributed by atoms with Crippen molar-refractivity contribution >= 4 is 27.7 Å². The minimum absolute atomic E-state index is 0.00576. The van der Waals surface area contributed by atoms with E-state index in [1.807, 2.05) is 43.3 Å². The van der Waals surface area contributed by atoms with Gasteiger partial charge in [-0.2, -0.15) is 4.31 Å². The number of β-amino-alcohol motifs (C(OH)–C–C–N with tert-alkyl or cyclic N) is 1. The molecule has 2 amide bonds. The number of benzene rings is 3. The molecule has 11 heteroatoms. The molecular formula is C30H32FN3O6S. The predicted octanol–water partition coefficient (Wildman–Crippen LogP) is 3.12. The van der Waals surface area contributed by atoms with Gasteiger partial charge in [-0.05, 0) is 60.2 Å². The minimum Gasteiger partial charge on any atom is -0.434 e. The Morgan fingerprint density at radius 3 is 2.46 bits per heavy atom. The van der Waals surface area contributed by atoms with Gasteiger partial charge in [-0.15, -0.1) is 0 Å². The maximum atomic E-state index is 13.9. The molecule has 0 aromatic heterocycles. The summed E-state index contributed by atoms with van der Waals surface area (Å²) in [6, 6.07) is 20.7. The Balaban J connectivity index is 1.35. The quantitative estimate of drug-likeness (QED) is 0.423. The van der Waals surface area contributed by atoms with Gasteiger partial charge in [-0.3, -0.25) is 9.69 Å². The number of carbonyl (C=O) groups is 2. The van der Waals surface area contributed by atoms with Crippen molar-refractivity contribution in [1.82, 2.24) is 9.62 Å². The molecule has 4 atom stereocenters. The van der Waals surface area contributed by atoms with E-state index in [9.17, 15) is 27.5 Å². The number of amides is 2. The molecule has 0 spiro atoms. The second-order valence-corrected chi connectivity index (χ2v) is 12.5. The van der Waals surface area contributed by atoms with Gasteiger partial charge >= 0.3 is 6.09 Å². The molecule has 2 heterocycles. The Kier molecular flexibility index (Phi) is 8.39. The summed E-state index contributed by atoms with van der Waals surface area (Å²) in [5, 5.41) is 14.2. The average molecular weight is 582 g/mol. The highest BCUT2D eigenvalue weighted by Gasteiger charge is 2.40. The number of fused-ring (bicyclic) bond motifs is 1. The number of sulfonamides is 1. The van der Waals surface area contributed by atoms with E-state index in [0.717, 1.165) is 11.6 Å². The molecule has 2 N–H and O–H groups in total. The standard InChI is InChI=1S/C30H32FN3O6S/c1-20-14-22-16-23(31)12-13-28(22)41(38,39)33(17-20)18-26(35)25(15-21-8-4-2-5-9-21)32-29(36)27-19-34(30(37)40-27)24-10-6-3-7-11-24/h2-13,16,20,25-27,35H,14-15,17-19H2,1H3,(H,32,36)/t20-,25-,26+,27?/m0/s1. The molecule has 0 aliphatic carbocycles. The van der Waals surface area contributed by atoms with Gasteiger partial charge in [0.15, 0.2) is 6.10 Å². The highest BCUT2D eigenvalue weighted by atomic mass is 32.2. The van der Waals surface area contributed by atoms with Crippen molar-refractivity contribution in [3.63, 3.8) is 0 Å². The smallest absolute Gasteiger partial charge is 0.415 e. The number of ether oxygens (including phenoxy) is 1. The SMILES string of the molecule is C[C@H]1Cc2cc(F)ccc2S(=O)(=O)N(C[C@@H](O)[C@H](Cc2ccccc2)NC(=O)C2CN(c3ccccc3)C(=O)O2)C1. The molecule has 3 aromatic rings. The highest BCUT2D eigenvalue weighted by molar-refractivity contribution is 7.89. The number of anilines is 1. The fraction of sp³-hybridized carbons (Fsp3) is 0.333. The fourth-order valence-corrected chi connectivity index (χ4v) is 7.13. The van der Waals surface area contributed by atoms with Gasteiger partial charge in [0, 0.05) is 18.8 Å². The van der Waals surface area contributed by atoms with Gasteiger partial charge < -0.3 is 15.2 Å². The van der Waals surface area contributed by atoms with E-state index in [0.29, 0.717) is 17.7 Å². The molecule has 2 aliphatic heterocycles. The normalized spacial score (nSPS) is 21.8. The molecule has 5 rings (SSSR count). The summed E-state index contributed by atoms with van der Waals surface area (Å²) in [4.78, 5) is 27.2. The van der Waals surface area contributed by atoms with Crippen LogP contribution in [0.25, 0.3) is 0 Å². The molecule has 3 aromatic carbocycles. The first-order valence-corrected chi connectivity index (χ1v) is 14.9. The Morgan fingerprint density at radius 2 is 1.76 bits per heavy atom. The first-order valence-electron chi connectivity index (χ1n) is 13.5. The summed E-state index contributed by atoms with van der Waals surface area (Å²) in [7, 11) is -4.04. The molecule has 0 saturated carbocycles. The molecule has 2 aliphatic rings. The molecule has 1 fully saturated rings. The molecular weight excluding hydrogens is 549 g/mol. The first kappa shape index (κ1) is 28.7. The number of aliphatic hydroxyl groups is 1. The van der Waals surface area contributed by atoms with E-state index >= 15 is 0 Å². The van der Waals surface area contributed by atoms with Crippen LogP contribution >= 0.6 is 0 Å². The molecule has 216 valence electrons. The van der Waals surface area contributed by atoms with E-state index in [4.69, 9.17) is 4.74 Å². The van der Waals surface area contributed by atoms with Crippen LogP contribution in [-0.4, -0.2) is 67.7 Å². The Bertz CT molecular complexity index is 1510. The van der Waals surface area contributed by atoms with Crippen LogP contribution in [0.15, 0.2) is 83.8 Å². The van der Waals surface area contributed by atoms with Crippen LogP contribution in [-0.2, 0) is 32.4 Å². The van der Waals surface area contributed by atoms with E-state index in [1.54, 1.807) is 24.3 Å². The topological polar surface area (TPSA) is 116 Å². The number of nitrogens with one attached hydrogen (secondary N) is 1. The number of carbonyl (C=O) groups excluding carboxylic acids is 2. The van der Waals surface area contributed by atoms with Crippen molar-refractivity contribution < 1.29 is 32.2 Å². The van der Waals surface area contributed by atoms with Crippen LogP contribution < -0.4 is 10.2 Å². The molecule has 1 unspecified atom stereocenters. The van der Waals surface area contributed by atoms with Crippen molar-refractivity contribution in [3.8, 4) is 0 Å².